The highest BCUT2D eigenvalue weighted by atomic mass is 15.3. The monoisotopic (exact) mass is 653 g/mol. The first-order valence-corrected chi connectivity index (χ1v) is 17.3. The van der Waals surface area contributed by atoms with Crippen LogP contribution in [-0.2, 0) is 0 Å². The van der Waals surface area contributed by atoms with E-state index in [1.165, 1.54) is 38.6 Å². The van der Waals surface area contributed by atoms with Crippen LogP contribution in [-0.4, -0.2) is 31.3 Å². The number of anilines is 2. The summed E-state index contributed by atoms with van der Waals surface area (Å²) in [6, 6.07) is 53.0. The van der Waals surface area contributed by atoms with E-state index in [0.717, 1.165) is 33.9 Å². The number of nitrogens with zero attached hydrogens (tertiary/aromatic N) is 6. The van der Waals surface area contributed by atoms with Crippen molar-refractivity contribution in [1.82, 2.24) is 24.1 Å². The van der Waals surface area contributed by atoms with Crippen molar-refractivity contribution < 1.29 is 0 Å². The molecular weight excluding hydrogens is 625 g/mol. The second kappa shape index (κ2) is 10.8. The number of fused-ring (bicyclic) bond motifs is 9. The lowest BCUT2D eigenvalue weighted by molar-refractivity contribution is 0.871. The first-order valence-electron chi connectivity index (χ1n) is 17.3. The number of benzene rings is 6. The molecule has 1 unspecified atom stereocenters. The number of hydrogen-bond donors (Lipinski definition) is 0. The zero-order valence-electron chi connectivity index (χ0n) is 27.4. The first-order chi connectivity index (χ1) is 25.3. The molecule has 0 fully saturated rings. The van der Waals surface area contributed by atoms with Crippen LogP contribution in [0.15, 0.2) is 170 Å². The number of allylic oxidation sites excluding steroid dienone is 2. The zero-order chi connectivity index (χ0) is 33.5. The Bertz CT molecular complexity index is 2740. The minimum atomic E-state index is -0.0681. The quantitative estimate of drug-likeness (QED) is 0.178. The fraction of sp³-hybridized carbons (Fsp3) is 0.0222. The molecule has 1 atom stereocenters. The third kappa shape index (κ3) is 4.04. The Hall–Kier alpha value is -6.92. The second-order valence-corrected chi connectivity index (χ2v) is 13.1. The fourth-order valence-corrected chi connectivity index (χ4v) is 8.20. The molecule has 2 aliphatic heterocycles. The lowest BCUT2D eigenvalue weighted by Crippen LogP contribution is -2.43. The lowest BCUT2D eigenvalue weighted by atomic mass is 9.90. The van der Waals surface area contributed by atoms with Crippen LogP contribution in [0.3, 0.4) is 0 Å². The maximum atomic E-state index is 5.20. The van der Waals surface area contributed by atoms with E-state index in [0.29, 0.717) is 17.6 Å². The summed E-state index contributed by atoms with van der Waals surface area (Å²) in [5.74, 6) is 1.87. The van der Waals surface area contributed by atoms with Crippen LogP contribution in [0.1, 0.15) is 5.56 Å². The summed E-state index contributed by atoms with van der Waals surface area (Å²) in [6.45, 7) is 0. The van der Waals surface area contributed by atoms with Crippen LogP contribution in [0.2, 0.25) is 0 Å². The Morgan fingerprint density at radius 3 is 1.94 bits per heavy atom. The number of rotatable bonds is 4. The third-order valence-corrected chi connectivity index (χ3v) is 10.3. The van der Waals surface area contributed by atoms with E-state index in [4.69, 9.17) is 15.0 Å². The molecule has 1 aliphatic carbocycles. The van der Waals surface area contributed by atoms with E-state index in [1.807, 2.05) is 36.4 Å². The van der Waals surface area contributed by atoms with Gasteiger partial charge in [0.25, 0.3) is 0 Å². The van der Waals surface area contributed by atoms with Gasteiger partial charge in [-0.05, 0) is 88.3 Å². The maximum Gasteiger partial charge on any atom is 0.442 e. The van der Waals surface area contributed by atoms with Crippen molar-refractivity contribution in [3.63, 3.8) is 0 Å². The Morgan fingerprint density at radius 2 is 1.20 bits per heavy atom. The van der Waals surface area contributed by atoms with Gasteiger partial charge in [0.15, 0.2) is 0 Å². The number of hydrogen-bond acceptors (Lipinski definition) is 4. The Kier molecular flexibility index (Phi) is 5.92. The van der Waals surface area contributed by atoms with Crippen LogP contribution >= 0.6 is 0 Å². The van der Waals surface area contributed by atoms with Gasteiger partial charge >= 0.3 is 5.95 Å². The SMILES string of the molecule is C1=CC2=[N+](c3nc(-c4ccccc4)nc(-c4ccccc4)n3)c3ccccc3N3c4ccc5c(c4C(=C1)C23)c1ccccc1n5-c1ccccc1. The molecule has 0 saturated heterocycles. The molecular formula is C45H29N6+. The zero-order valence-corrected chi connectivity index (χ0v) is 27.4. The molecule has 11 rings (SSSR count). The molecule has 6 nitrogen and oxygen atoms in total. The lowest BCUT2D eigenvalue weighted by Gasteiger charge is -2.35. The molecule has 3 aliphatic rings. The van der Waals surface area contributed by atoms with Gasteiger partial charge in [0, 0.05) is 33.2 Å². The molecule has 0 spiro atoms. The van der Waals surface area contributed by atoms with E-state index < -0.39 is 0 Å². The van der Waals surface area contributed by atoms with Crippen molar-refractivity contribution in [2.75, 3.05) is 4.90 Å². The molecule has 0 bridgehead atoms. The van der Waals surface area contributed by atoms with Gasteiger partial charge in [-0.25, -0.2) is 0 Å². The summed E-state index contributed by atoms with van der Waals surface area (Å²) >= 11 is 0. The number of aromatic nitrogens is 4. The van der Waals surface area contributed by atoms with Crippen LogP contribution in [0.25, 0.3) is 55.8 Å². The minimum absolute atomic E-state index is 0.0681. The molecule has 238 valence electrons. The summed E-state index contributed by atoms with van der Waals surface area (Å²) < 4.78 is 4.64. The summed E-state index contributed by atoms with van der Waals surface area (Å²) in [6.07, 6.45) is 6.70. The number of para-hydroxylation sites is 4. The van der Waals surface area contributed by atoms with Crippen LogP contribution in [0, 0.1) is 0 Å². The first kappa shape index (κ1) is 28.0. The normalized spacial score (nSPS) is 15.6. The van der Waals surface area contributed by atoms with Gasteiger partial charge < -0.3 is 9.47 Å². The van der Waals surface area contributed by atoms with Gasteiger partial charge in [0.2, 0.25) is 11.6 Å². The molecule has 0 amide bonds. The largest absolute Gasteiger partial charge is 0.442 e. The van der Waals surface area contributed by atoms with E-state index >= 15 is 0 Å². The van der Waals surface area contributed by atoms with Gasteiger partial charge in [-0.1, -0.05) is 97.1 Å². The van der Waals surface area contributed by atoms with Crippen LogP contribution in [0.4, 0.5) is 23.0 Å². The molecule has 51 heavy (non-hydrogen) atoms. The summed E-state index contributed by atoms with van der Waals surface area (Å²) in [4.78, 5) is 17.9. The molecule has 0 N–H and O–H groups in total. The highest BCUT2D eigenvalue weighted by Crippen LogP contribution is 2.55. The van der Waals surface area contributed by atoms with Crippen LogP contribution < -0.4 is 9.48 Å². The summed E-state index contributed by atoms with van der Waals surface area (Å²) in [5.41, 5.74) is 12.4. The van der Waals surface area contributed by atoms with Crippen molar-refractivity contribution >= 4 is 56.1 Å². The molecule has 4 heterocycles. The van der Waals surface area contributed by atoms with E-state index in [1.54, 1.807) is 0 Å². The maximum absolute atomic E-state index is 5.20. The van der Waals surface area contributed by atoms with Crippen molar-refractivity contribution in [3.8, 4) is 28.5 Å². The third-order valence-electron chi connectivity index (χ3n) is 10.3. The Balaban J connectivity index is 1.19. The summed E-state index contributed by atoms with van der Waals surface area (Å²) in [5, 5.41) is 2.51. The van der Waals surface area contributed by atoms with Gasteiger partial charge in [-0.15, -0.1) is 0 Å². The predicted octanol–water partition coefficient (Wildman–Crippen LogP) is 10.1. The Labute approximate surface area is 294 Å². The van der Waals surface area contributed by atoms with E-state index in [-0.39, 0.29) is 6.04 Å². The second-order valence-electron chi connectivity index (χ2n) is 13.1. The predicted molar refractivity (Wildman–Crippen MR) is 207 cm³/mol. The van der Waals surface area contributed by atoms with Gasteiger partial charge in [0.1, 0.15) is 17.4 Å². The molecule has 0 radical (unpaired) electrons. The van der Waals surface area contributed by atoms with Crippen molar-refractivity contribution in [2.45, 2.75) is 6.04 Å². The average molecular weight is 654 g/mol. The molecule has 0 saturated carbocycles. The summed E-state index contributed by atoms with van der Waals surface area (Å²) in [7, 11) is 0. The van der Waals surface area contributed by atoms with Gasteiger partial charge in [0.05, 0.1) is 22.4 Å². The van der Waals surface area contributed by atoms with Gasteiger partial charge in [-0.3, -0.25) is 0 Å². The molecule has 6 heteroatoms. The van der Waals surface area contributed by atoms with Crippen molar-refractivity contribution in [3.05, 3.63) is 175 Å². The van der Waals surface area contributed by atoms with Crippen LogP contribution in [0.5, 0.6) is 0 Å². The van der Waals surface area contributed by atoms with Crippen molar-refractivity contribution in [2.24, 2.45) is 0 Å². The minimum Gasteiger partial charge on any atom is -0.323 e. The standard InChI is InChI=1S/C45H29N6/c1-4-15-29(16-5-1)43-46-44(30-17-6-2-7-18-30)48-45(47-43)51-36-25-13-12-24-35(36)50-38-28-27-37-40(41(38)33-22-14-26-39(51)42(33)50)32-21-10-11-23-34(32)49(37)31-19-8-3-9-20-31/h1-28,42H/q+1. The highest BCUT2D eigenvalue weighted by molar-refractivity contribution is 6.26. The van der Waals surface area contributed by atoms with E-state index in [9.17, 15) is 0 Å². The topological polar surface area (TPSA) is 49.9 Å². The smallest absolute Gasteiger partial charge is 0.323 e. The van der Waals surface area contributed by atoms with Crippen molar-refractivity contribution in [1.29, 1.82) is 0 Å². The molecule has 6 aromatic carbocycles. The fourth-order valence-electron chi connectivity index (χ4n) is 8.20. The highest BCUT2D eigenvalue weighted by Gasteiger charge is 2.47. The van der Waals surface area contributed by atoms with E-state index in [2.05, 4.69) is 148 Å². The average Bonchev–Trinajstić information content (AvgIpc) is 3.73. The molecule has 2 aromatic heterocycles. The Morgan fingerprint density at radius 1 is 0.549 bits per heavy atom. The molecule has 8 aromatic rings. The van der Waals surface area contributed by atoms with Gasteiger partial charge in [-0.2, -0.15) is 9.56 Å².